The van der Waals surface area contributed by atoms with Crippen LogP contribution in [0.3, 0.4) is 0 Å². The number of rotatable bonds is 8. The quantitative estimate of drug-likeness (QED) is 0.394. The number of hydrogen-bond acceptors (Lipinski definition) is 5. The molecule has 0 aliphatic carbocycles. The molecular weight excluding hydrogens is 402 g/mol. The average Bonchev–Trinajstić information content (AvgIpc) is 3.21. The summed E-state index contributed by atoms with van der Waals surface area (Å²) >= 11 is 2.42. The van der Waals surface area contributed by atoms with Gasteiger partial charge in [-0.2, -0.15) is 0 Å². The molecule has 3 aromatic rings. The molecule has 1 heterocycles. The number of thiophene rings is 1. The van der Waals surface area contributed by atoms with Crippen molar-refractivity contribution < 1.29 is 14.3 Å². The fourth-order valence-electron chi connectivity index (χ4n) is 2.67. The zero-order valence-electron chi connectivity index (χ0n) is 16.2. The van der Waals surface area contributed by atoms with Crippen molar-refractivity contribution in [3.63, 3.8) is 0 Å². The van der Waals surface area contributed by atoms with E-state index in [9.17, 15) is 9.59 Å². The number of carbonyl (C=O) groups is 2. The van der Waals surface area contributed by atoms with Crippen LogP contribution in [0, 0.1) is 6.92 Å². The molecule has 3 rings (SSSR count). The zero-order chi connectivity index (χ0) is 20.6. The summed E-state index contributed by atoms with van der Waals surface area (Å²) in [4.78, 5) is 24.9. The van der Waals surface area contributed by atoms with Crippen LogP contribution >= 0.6 is 23.1 Å². The molecule has 29 heavy (non-hydrogen) atoms. The molecular formula is C23H21NO3S2. The molecule has 0 atom stereocenters. The number of ether oxygens (including phenoxy) is 1. The minimum atomic E-state index is -0.275. The van der Waals surface area contributed by atoms with Gasteiger partial charge in [0.1, 0.15) is 5.75 Å². The summed E-state index contributed by atoms with van der Waals surface area (Å²) in [5.74, 6) is 0.488. The minimum absolute atomic E-state index is 0.275. The van der Waals surface area contributed by atoms with E-state index in [4.69, 9.17) is 4.74 Å². The lowest BCUT2D eigenvalue weighted by atomic mass is 10.1. The van der Waals surface area contributed by atoms with Crippen LogP contribution < -0.4 is 10.1 Å². The Morgan fingerprint density at radius 1 is 1.10 bits per heavy atom. The normalized spacial score (nSPS) is 11.2. The van der Waals surface area contributed by atoms with Crippen LogP contribution in [0.25, 0.3) is 17.2 Å². The molecule has 0 unspecified atom stereocenters. The first-order valence-corrected chi connectivity index (χ1v) is 10.7. The van der Waals surface area contributed by atoms with E-state index in [1.165, 1.54) is 16.9 Å². The van der Waals surface area contributed by atoms with Crippen molar-refractivity contribution in [3.05, 3.63) is 80.9 Å². The van der Waals surface area contributed by atoms with Crippen molar-refractivity contribution in [2.75, 3.05) is 7.11 Å². The van der Waals surface area contributed by atoms with Gasteiger partial charge in [0.2, 0.25) is 0 Å². The monoisotopic (exact) mass is 423 g/mol. The molecule has 0 aliphatic rings. The Morgan fingerprint density at radius 3 is 2.48 bits per heavy atom. The molecule has 6 heteroatoms. The van der Waals surface area contributed by atoms with Crippen LogP contribution in [0.1, 0.15) is 16.0 Å². The van der Waals surface area contributed by atoms with Gasteiger partial charge < -0.3 is 10.1 Å². The first-order valence-electron chi connectivity index (χ1n) is 8.98. The molecule has 1 N–H and O–H groups in total. The fourth-order valence-corrected chi connectivity index (χ4v) is 4.07. The molecule has 4 nitrogen and oxygen atoms in total. The lowest BCUT2D eigenvalue weighted by Crippen LogP contribution is -2.23. The van der Waals surface area contributed by atoms with Crippen LogP contribution in [0.4, 0.5) is 0 Å². The number of thioether (sulfide) groups is 1. The SMILES string of the molecule is COc1ccc(CNC(=O)/C(=C/c2cc(-c3ccc(C)cc3)cs2)SC=O)cc1. The Labute approximate surface area is 178 Å². The van der Waals surface area contributed by atoms with Crippen LogP contribution in [0.5, 0.6) is 5.75 Å². The molecule has 0 spiro atoms. The number of benzene rings is 2. The standard InChI is InChI=1S/C23H21NO3S2/c1-16-3-7-18(8-4-16)19-11-21(28-14-19)12-22(29-15-25)23(26)24-13-17-5-9-20(27-2)10-6-17/h3-12,14-15H,13H2,1-2H3,(H,24,26)/b22-12-. The van der Waals surface area contributed by atoms with E-state index in [0.29, 0.717) is 17.1 Å². The third kappa shape index (κ3) is 5.82. The van der Waals surface area contributed by atoms with Gasteiger partial charge >= 0.3 is 0 Å². The van der Waals surface area contributed by atoms with Crippen molar-refractivity contribution in [2.45, 2.75) is 13.5 Å². The number of aryl methyl sites for hydroxylation is 1. The second-order valence-corrected chi connectivity index (χ2v) is 8.17. The predicted molar refractivity (Wildman–Crippen MR) is 122 cm³/mol. The summed E-state index contributed by atoms with van der Waals surface area (Å²) in [5, 5.41) is 4.91. The Morgan fingerprint density at radius 2 is 1.83 bits per heavy atom. The van der Waals surface area contributed by atoms with Crippen molar-refractivity contribution in [2.24, 2.45) is 0 Å². The predicted octanol–water partition coefficient (Wildman–Crippen LogP) is 5.31. The lowest BCUT2D eigenvalue weighted by Gasteiger charge is -2.07. The first-order chi connectivity index (χ1) is 14.1. The van der Waals surface area contributed by atoms with Gasteiger partial charge in [0.05, 0.1) is 12.0 Å². The van der Waals surface area contributed by atoms with Gasteiger partial charge in [-0.1, -0.05) is 42.0 Å². The fraction of sp³-hybridized carbons (Fsp3) is 0.130. The Bertz CT molecular complexity index is 1010. The first kappa shape index (κ1) is 20.9. The summed E-state index contributed by atoms with van der Waals surface area (Å²) in [5.41, 5.74) is 5.05. The van der Waals surface area contributed by atoms with Gasteiger partial charge in [-0.05, 0) is 65.0 Å². The maximum absolute atomic E-state index is 12.6. The highest BCUT2D eigenvalue weighted by Crippen LogP contribution is 2.29. The number of nitrogens with one attached hydrogen (secondary N) is 1. The number of carbonyl (C=O) groups excluding carboxylic acids is 2. The Hall–Kier alpha value is -2.83. The van der Waals surface area contributed by atoms with Gasteiger partial charge in [0.25, 0.3) is 5.91 Å². The highest BCUT2D eigenvalue weighted by molar-refractivity contribution is 8.16. The van der Waals surface area contributed by atoms with E-state index >= 15 is 0 Å². The molecule has 1 amide bonds. The molecule has 0 bridgehead atoms. The number of amides is 1. The third-order valence-electron chi connectivity index (χ3n) is 4.29. The largest absolute Gasteiger partial charge is 0.497 e. The van der Waals surface area contributed by atoms with Crippen LogP contribution in [-0.2, 0) is 16.1 Å². The van der Waals surface area contributed by atoms with E-state index in [-0.39, 0.29) is 5.91 Å². The van der Waals surface area contributed by atoms with Crippen molar-refractivity contribution >= 4 is 40.7 Å². The topological polar surface area (TPSA) is 55.4 Å². The van der Waals surface area contributed by atoms with Gasteiger partial charge in [-0.15, -0.1) is 11.3 Å². The minimum Gasteiger partial charge on any atom is -0.497 e. The second kappa shape index (κ2) is 10.1. The van der Waals surface area contributed by atoms with Gasteiger partial charge in [0, 0.05) is 11.4 Å². The Balaban J connectivity index is 1.70. The van der Waals surface area contributed by atoms with Gasteiger partial charge in [-0.25, -0.2) is 0 Å². The average molecular weight is 424 g/mol. The summed E-state index contributed by atoms with van der Waals surface area (Å²) < 4.78 is 5.13. The van der Waals surface area contributed by atoms with E-state index in [1.54, 1.807) is 13.2 Å². The van der Waals surface area contributed by atoms with Crippen molar-refractivity contribution in [1.29, 1.82) is 0 Å². The van der Waals surface area contributed by atoms with E-state index in [2.05, 4.69) is 41.9 Å². The van der Waals surface area contributed by atoms with Crippen LogP contribution in [-0.4, -0.2) is 18.6 Å². The van der Waals surface area contributed by atoms with Gasteiger partial charge in [0.15, 0.2) is 5.62 Å². The maximum atomic E-state index is 12.6. The summed E-state index contributed by atoms with van der Waals surface area (Å²) in [6.07, 6.45) is 1.75. The van der Waals surface area contributed by atoms with E-state index in [1.807, 2.05) is 30.3 Å². The lowest BCUT2D eigenvalue weighted by molar-refractivity contribution is -0.116. The molecule has 0 saturated carbocycles. The highest BCUT2D eigenvalue weighted by atomic mass is 32.2. The molecule has 0 saturated heterocycles. The van der Waals surface area contributed by atoms with Crippen molar-refractivity contribution in [1.82, 2.24) is 5.32 Å². The number of hydrogen-bond donors (Lipinski definition) is 1. The highest BCUT2D eigenvalue weighted by Gasteiger charge is 2.11. The summed E-state index contributed by atoms with van der Waals surface area (Å²) in [6, 6.07) is 17.8. The molecule has 2 aromatic carbocycles. The Kier molecular flexibility index (Phi) is 7.27. The maximum Gasteiger partial charge on any atom is 0.258 e. The molecule has 1 aromatic heterocycles. The number of methoxy groups -OCH3 is 1. The summed E-state index contributed by atoms with van der Waals surface area (Å²) in [7, 11) is 1.61. The van der Waals surface area contributed by atoms with Gasteiger partial charge in [-0.3, -0.25) is 9.59 Å². The molecule has 0 radical (unpaired) electrons. The van der Waals surface area contributed by atoms with Crippen molar-refractivity contribution in [3.8, 4) is 16.9 Å². The second-order valence-electron chi connectivity index (χ2n) is 6.36. The molecule has 0 fully saturated rings. The smallest absolute Gasteiger partial charge is 0.258 e. The van der Waals surface area contributed by atoms with Crippen LogP contribution in [0.2, 0.25) is 0 Å². The van der Waals surface area contributed by atoms with E-state index < -0.39 is 0 Å². The zero-order valence-corrected chi connectivity index (χ0v) is 17.8. The third-order valence-corrected chi connectivity index (χ3v) is 5.82. The molecule has 148 valence electrons. The summed E-state index contributed by atoms with van der Waals surface area (Å²) in [6.45, 7) is 2.43. The molecule has 0 aliphatic heterocycles. The van der Waals surface area contributed by atoms with E-state index in [0.717, 1.165) is 39.1 Å². The van der Waals surface area contributed by atoms with Crippen LogP contribution in [0.15, 0.2) is 64.9 Å².